The van der Waals surface area contributed by atoms with E-state index in [9.17, 15) is 14.0 Å². The fraction of sp³-hybridized carbons (Fsp3) is 0.519. The molecular formula is C27H35FN8O4. The molecule has 2 aliphatic heterocycles. The first kappa shape index (κ1) is 27.6. The Bertz CT molecular complexity index is 1300. The highest BCUT2D eigenvalue weighted by Gasteiger charge is 2.28. The van der Waals surface area contributed by atoms with Crippen molar-refractivity contribution >= 4 is 34.7 Å². The molecule has 0 atom stereocenters. The molecule has 0 radical (unpaired) electrons. The van der Waals surface area contributed by atoms with Gasteiger partial charge < -0.3 is 29.9 Å². The van der Waals surface area contributed by atoms with Gasteiger partial charge in [-0.15, -0.1) is 0 Å². The number of nitrogens with one attached hydrogen (secondary N) is 2. The summed E-state index contributed by atoms with van der Waals surface area (Å²) in [5.74, 6) is 1.35. The standard InChI is InChI=1S/C27H35FN8O4/c1-2-15-40-27(38)35-11-7-21(8-12-35)36-25-22(18-30-36)24(34-13-16-39-17-14-34)32-23(33-25)19-3-5-20(6-4-19)31-26(37)29-10-9-28/h3-6,18,21H,2,7-17H2,1H3,(H2,29,31,37). The minimum absolute atomic E-state index is 0.0439. The van der Waals surface area contributed by atoms with Crippen molar-refractivity contribution in [1.29, 1.82) is 0 Å². The zero-order chi connectivity index (χ0) is 27.9. The second-order valence-corrected chi connectivity index (χ2v) is 9.78. The van der Waals surface area contributed by atoms with Crippen molar-refractivity contribution in [2.24, 2.45) is 0 Å². The van der Waals surface area contributed by atoms with Crippen molar-refractivity contribution in [1.82, 2.24) is 30.0 Å². The fourth-order valence-corrected chi connectivity index (χ4v) is 4.94. The molecule has 12 nitrogen and oxygen atoms in total. The number of likely N-dealkylation sites (tertiary alicyclic amines) is 1. The molecule has 0 unspecified atom stereocenters. The first-order valence-electron chi connectivity index (χ1n) is 13.8. The number of nitrogens with zero attached hydrogens (tertiary/aromatic N) is 6. The predicted octanol–water partition coefficient (Wildman–Crippen LogP) is 3.60. The van der Waals surface area contributed by atoms with Crippen LogP contribution in [0, 0.1) is 0 Å². The number of rotatable bonds is 8. The number of benzene rings is 1. The number of alkyl halides is 1. The summed E-state index contributed by atoms with van der Waals surface area (Å²) in [7, 11) is 0. The zero-order valence-electron chi connectivity index (χ0n) is 22.6. The number of hydrogen-bond acceptors (Lipinski definition) is 8. The molecule has 2 fully saturated rings. The van der Waals surface area contributed by atoms with Crippen LogP contribution in [0.5, 0.6) is 0 Å². The van der Waals surface area contributed by atoms with Crippen LogP contribution in [0.3, 0.4) is 0 Å². The quantitative estimate of drug-likeness (QED) is 0.433. The van der Waals surface area contributed by atoms with Crippen LogP contribution in [0.2, 0.25) is 0 Å². The van der Waals surface area contributed by atoms with Crippen molar-refractivity contribution in [3.63, 3.8) is 0 Å². The number of hydrogen-bond donors (Lipinski definition) is 2. The van der Waals surface area contributed by atoms with Gasteiger partial charge in [0.15, 0.2) is 11.5 Å². The normalized spacial score (nSPS) is 16.2. The van der Waals surface area contributed by atoms with Gasteiger partial charge in [-0.05, 0) is 43.5 Å². The maximum atomic E-state index is 12.3. The van der Waals surface area contributed by atoms with E-state index < -0.39 is 12.7 Å². The summed E-state index contributed by atoms with van der Waals surface area (Å²) < 4.78 is 25.2. The van der Waals surface area contributed by atoms with Crippen LogP contribution in [0.4, 0.5) is 25.5 Å². The van der Waals surface area contributed by atoms with E-state index in [0.717, 1.165) is 41.7 Å². The SMILES string of the molecule is CCCOC(=O)N1CCC(n2ncc3c(N4CCOCC4)nc(-c4ccc(NC(=O)NCCF)cc4)nc32)CC1. The highest BCUT2D eigenvalue weighted by molar-refractivity contribution is 5.90. The molecular weight excluding hydrogens is 519 g/mol. The van der Waals surface area contributed by atoms with Crippen LogP contribution in [-0.4, -0.2) is 96.0 Å². The van der Waals surface area contributed by atoms with Gasteiger partial charge in [-0.3, -0.25) is 0 Å². The van der Waals surface area contributed by atoms with E-state index in [2.05, 4.69) is 15.5 Å². The van der Waals surface area contributed by atoms with Gasteiger partial charge in [0.1, 0.15) is 12.5 Å². The molecule has 40 heavy (non-hydrogen) atoms. The van der Waals surface area contributed by atoms with Gasteiger partial charge in [-0.2, -0.15) is 5.10 Å². The van der Waals surface area contributed by atoms with Crippen LogP contribution in [0.25, 0.3) is 22.4 Å². The molecule has 5 rings (SSSR count). The molecule has 0 saturated carbocycles. The number of carbonyl (C=O) groups is 2. The molecule has 1 aromatic carbocycles. The zero-order valence-corrected chi connectivity index (χ0v) is 22.6. The third-order valence-electron chi connectivity index (χ3n) is 7.02. The molecule has 0 spiro atoms. The summed E-state index contributed by atoms with van der Waals surface area (Å²) >= 11 is 0. The summed E-state index contributed by atoms with van der Waals surface area (Å²) in [6, 6.07) is 6.83. The third kappa shape index (κ3) is 6.24. The van der Waals surface area contributed by atoms with E-state index >= 15 is 0 Å². The number of halogens is 1. The number of ether oxygens (including phenoxy) is 2. The smallest absolute Gasteiger partial charge is 0.409 e. The van der Waals surface area contributed by atoms with Gasteiger partial charge in [0.05, 0.1) is 37.4 Å². The van der Waals surface area contributed by atoms with Crippen molar-refractivity contribution in [2.45, 2.75) is 32.2 Å². The summed E-state index contributed by atoms with van der Waals surface area (Å²) in [6.07, 6.45) is 3.85. The Morgan fingerprint density at radius 1 is 1.10 bits per heavy atom. The van der Waals surface area contributed by atoms with E-state index in [1.54, 1.807) is 17.0 Å². The number of urea groups is 1. The number of morpholine rings is 1. The van der Waals surface area contributed by atoms with Crippen LogP contribution < -0.4 is 15.5 Å². The molecule has 0 aliphatic carbocycles. The summed E-state index contributed by atoms with van der Waals surface area (Å²) in [4.78, 5) is 38.0. The molecule has 4 heterocycles. The lowest BCUT2D eigenvalue weighted by molar-refractivity contribution is 0.0879. The molecule has 2 saturated heterocycles. The second kappa shape index (κ2) is 12.9. The average Bonchev–Trinajstić information content (AvgIpc) is 3.43. The number of amides is 3. The molecule has 0 bridgehead atoms. The lowest BCUT2D eigenvalue weighted by Crippen LogP contribution is -2.39. The molecule has 2 N–H and O–H groups in total. The number of fused-ring (bicyclic) bond motifs is 1. The van der Waals surface area contributed by atoms with Gasteiger partial charge in [0, 0.05) is 44.0 Å². The molecule has 2 aromatic heterocycles. The molecule has 3 amide bonds. The molecule has 13 heteroatoms. The van der Waals surface area contributed by atoms with Gasteiger partial charge in [-0.1, -0.05) is 6.92 Å². The largest absolute Gasteiger partial charge is 0.449 e. The van der Waals surface area contributed by atoms with Crippen LogP contribution in [0.1, 0.15) is 32.2 Å². The molecule has 3 aromatic rings. The van der Waals surface area contributed by atoms with Crippen LogP contribution in [-0.2, 0) is 9.47 Å². The number of carbonyl (C=O) groups excluding carboxylic acids is 2. The Balaban J connectivity index is 1.41. The number of aromatic nitrogens is 4. The topological polar surface area (TPSA) is 127 Å². The Hall–Kier alpha value is -4.00. The minimum Gasteiger partial charge on any atom is -0.449 e. The first-order chi connectivity index (χ1) is 19.6. The minimum atomic E-state index is -0.626. The van der Waals surface area contributed by atoms with Crippen molar-refractivity contribution in [3.8, 4) is 11.4 Å². The van der Waals surface area contributed by atoms with Gasteiger partial charge in [0.2, 0.25) is 0 Å². The monoisotopic (exact) mass is 554 g/mol. The Morgan fingerprint density at radius 3 is 2.55 bits per heavy atom. The summed E-state index contributed by atoms with van der Waals surface area (Å²) in [6.45, 7) is 5.58. The summed E-state index contributed by atoms with van der Waals surface area (Å²) in [5.41, 5.74) is 2.10. The highest BCUT2D eigenvalue weighted by atomic mass is 19.1. The highest BCUT2D eigenvalue weighted by Crippen LogP contribution is 2.32. The maximum absolute atomic E-state index is 12.3. The Kier molecular flexibility index (Phi) is 8.89. The molecule has 2 aliphatic rings. The first-order valence-corrected chi connectivity index (χ1v) is 13.8. The van der Waals surface area contributed by atoms with Crippen LogP contribution >= 0.6 is 0 Å². The van der Waals surface area contributed by atoms with Gasteiger partial charge in [-0.25, -0.2) is 28.6 Å². The van der Waals surface area contributed by atoms with Crippen LogP contribution in [0.15, 0.2) is 30.5 Å². The van der Waals surface area contributed by atoms with Crippen molar-refractivity contribution < 1.29 is 23.5 Å². The van der Waals surface area contributed by atoms with E-state index in [1.807, 2.05) is 29.9 Å². The third-order valence-corrected chi connectivity index (χ3v) is 7.02. The van der Waals surface area contributed by atoms with Crippen molar-refractivity contribution in [3.05, 3.63) is 30.5 Å². The predicted molar refractivity (Wildman–Crippen MR) is 148 cm³/mol. The van der Waals surface area contributed by atoms with E-state index in [0.29, 0.717) is 57.5 Å². The number of anilines is 2. The van der Waals surface area contributed by atoms with E-state index in [4.69, 9.17) is 24.5 Å². The van der Waals surface area contributed by atoms with E-state index in [1.165, 1.54) is 0 Å². The summed E-state index contributed by atoms with van der Waals surface area (Å²) in [5, 5.41) is 10.7. The fourth-order valence-electron chi connectivity index (χ4n) is 4.94. The lowest BCUT2D eigenvalue weighted by Gasteiger charge is -2.31. The average molecular weight is 555 g/mol. The van der Waals surface area contributed by atoms with Gasteiger partial charge in [0.25, 0.3) is 0 Å². The second-order valence-electron chi connectivity index (χ2n) is 9.78. The lowest BCUT2D eigenvalue weighted by atomic mass is 10.1. The van der Waals surface area contributed by atoms with E-state index in [-0.39, 0.29) is 18.7 Å². The number of piperidine rings is 1. The maximum Gasteiger partial charge on any atom is 0.409 e. The molecule has 214 valence electrons. The Morgan fingerprint density at radius 2 is 1.85 bits per heavy atom. The Labute approximate surface area is 231 Å². The van der Waals surface area contributed by atoms with Gasteiger partial charge >= 0.3 is 12.1 Å². The van der Waals surface area contributed by atoms with Crippen molar-refractivity contribution in [2.75, 3.05) is 69.4 Å².